The van der Waals surface area contributed by atoms with E-state index in [0.717, 1.165) is 62.4 Å². The van der Waals surface area contributed by atoms with Crippen molar-refractivity contribution >= 4 is 34.1 Å². The predicted molar refractivity (Wildman–Crippen MR) is 212 cm³/mol. The molecule has 0 heterocycles. The molecule has 4 rings (SSSR count). The minimum Gasteiger partial charge on any atom is -0.405 e. The van der Waals surface area contributed by atoms with Gasteiger partial charge in [-0.3, -0.25) is 4.90 Å². The molecule has 0 aromatic heterocycles. The number of benzene rings is 3. The second kappa shape index (κ2) is 26.3. The predicted octanol–water partition coefficient (Wildman–Crippen LogP) is 5.77. The van der Waals surface area contributed by atoms with Gasteiger partial charge in [0.15, 0.2) is 0 Å². The molecule has 0 spiro atoms. The fraction of sp³-hybridized carbons (Fsp3) is 0.368. The van der Waals surface area contributed by atoms with Crippen LogP contribution in [0.1, 0.15) is 46.0 Å². The fourth-order valence-corrected chi connectivity index (χ4v) is 4.84. The highest BCUT2D eigenvalue weighted by molar-refractivity contribution is 5.65. The summed E-state index contributed by atoms with van der Waals surface area (Å²) in [4.78, 5) is 2.60. The number of likely N-dealkylation sites (N-methyl/N-ethyl adjacent to an activating group) is 2. The van der Waals surface area contributed by atoms with Crippen LogP contribution in [0.25, 0.3) is 0 Å². The number of nitrogens with one attached hydrogen (secondary N) is 3. The summed E-state index contributed by atoms with van der Waals surface area (Å²) in [6, 6.07) is 23.1. The van der Waals surface area contributed by atoms with Crippen molar-refractivity contribution < 1.29 is 0 Å². The zero-order valence-electron chi connectivity index (χ0n) is 29.2. The van der Waals surface area contributed by atoms with Crippen molar-refractivity contribution in [1.29, 1.82) is 0 Å². The molecule has 0 saturated heterocycles. The van der Waals surface area contributed by atoms with E-state index in [4.69, 9.17) is 34.4 Å². The molecule has 1 aliphatic rings. The zero-order chi connectivity index (χ0) is 35.4. The van der Waals surface area contributed by atoms with Gasteiger partial charge >= 0.3 is 0 Å². The molecule has 1 fully saturated rings. The lowest BCUT2D eigenvalue weighted by atomic mass is 9.94. The van der Waals surface area contributed by atoms with Crippen molar-refractivity contribution in [2.75, 3.05) is 73.3 Å². The number of anilines is 6. The first-order valence-corrected chi connectivity index (χ1v) is 16.9. The molecule has 0 aliphatic heterocycles. The van der Waals surface area contributed by atoms with E-state index in [2.05, 4.69) is 41.3 Å². The largest absolute Gasteiger partial charge is 0.405 e. The fourth-order valence-electron chi connectivity index (χ4n) is 4.84. The van der Waals surface area contributed by atoms with Gasteiger partial charge in [-0.25, -0.2) is 0 Å². The normalized spacial score (nSPS) is 12.6. The smallest absolute Gasteiger partial charge is 0.0574 e. The Morgan fingerprint density at radius 1 is 0.729 bits per heavy atom. The van der Waals surface area contributed by atoms with Crippen LogP contribution in [0.3, 0.4) is 0 Å². The third-order valence-electron chi connectivity index (χ3n) is 7.59. The van der Waals surface area contributed by atoms with Crippen LogP contribution in [-0.2, 0) is 0 Å². The summed E-state index contributed by atoms with van der Waals surface area (Å²) >= 11 is 0. The van der Waals surface area contributed by atoms with Gasteiger partial charge < -0.3 is 50.4 Å². The molecule has 10 heteroatoms. The number of allylic oxidation sites excluding steroid dienone is 3. The maximum absolute atomic E-state index is 5.75. The Morgan fingerprint density at radius 3 is 1.71 bits per heavy atom. The summed E-state index contributed by atoms with van der Waals surface area (Å²) in [7, 11) is 0. The van der Waals surface area contributed by atoms with Crippen LogP contribution in [0.15, 0.2) is 110 Å². The van der Waals surface area contributed by atoms with E-state index in [1.54, 1.807) is 30.3 Å². The molecule has 0 amide bonds. The lowest BCUT2D eigenvalue weighted by molar-refractivity contribution is 0.165. The van der Waals surface area contributed by atoms with Crippen LogP contribution in [-0.4, -0.2) is 50.2 Å². The quantitative estimate of drug-likeness (QED) is 0.0618. The highest BCUT2D eigenvalue weighted by atomic mass is 15.2. The average Bonchev–Trinajstić information content (AvgIpc) is 3.10. The van der Waals surface area contributed by atoms with E-state index < -0.39 is 0 Å². The molecular weight excluding hydrogens is 596 g/mol. The Balaban J connectivity index is 0.000000342. The molecule has 3 aromatic rings. The molecule has 0 unspecified atom stereocenters. The number of rotatable bonds is 13. The van der Waals surface area contributed by atoms with Gasteiger partial charge in [0, 0.05) is 37.9 Å². The number of hydrogen-bond acceptors (Lipinski definition) is 10. The Kier molecular flexibility index (Phi) is 22.6. The third kappa shape index (κ3) is 19.0. The van der Waals surface area contributed by atoms with Crippen molar-refractivity contribution in [3.8, 4) is 0 Å². The second-order valence-electron chi connectivity index (χ2n) is 11.2. The Hall–Kier alpha value is -4.80. The molecule has 0 bridgehead atoms. The van der Waals surface area contributed by atoms with Crippen LogP contribution in [0, 0.1) is 0 Å². The van der Waals surface area contributed by atoms with E-state index in [0.29, 0.717) is 22.7 Å². The maximum Gasteiger partial charge on any atom is 0.0574 e. The third-order valence-corrected chi connectivity index (χ3v) is 7.59. The Bertz CT molecular complexity index is 1230. The van der Waals surface area contributed by atoms with Crippen molar-refractivity contribution in [2.45, 2.75) is 52.0 Å². The number of nitrogens with zero attached hydrogens (tertiary/aromatic N) is 1. The monoisotopic (exact) mass is 659 g/mol. The van der Waals surface area contributed by atoms with E-state index in [1.165, 1.54) is 38.3 Å². The molecule has 3 aromatic carbocycles. The van der Waals surface area contributed by atoms with Gasteiger partial charge in [-0.1, -0.05) is 82.2 Å². The topological polar surface area (TPSA) is 195 Å². The Labute approximate surface area is 289 Å². The lowest BCUT2D eigenvalue weighted by Gasteiger charge is -2.33. The minimum atomic E-state index is 0.646. The zero-order valence-corrected chi connectivity index (χ0v) is 29.2. The summed E-state index contributed by atoms with van der Waals surface area (Å²) in [5.41, 5.74) is 37.9. The van der Waals surface area contributed by atoms with Gasteiger partial charge in [-0.15, -0.1) is 0 Å². The molecule has 0 atom stereocenters. The van der Waals surface area contributed by atoms with Crippen LogP contribution in [0.5, 0.6) is 0 Å². The highest BCUT2D eigenvalue weighted by Crippen LogP contribution is 2.22. The van der Waals surface area contributed by atoms with Crippen LogP contribution in [0.2, 0.25) is 0 Å². The van der Waals surface area contributed by atoms with E-state index >= 15 is 0 Å². The molecule has 1 saturated carbocycles. The molecule has 1 aliphatic carbocycles. The first-order valence-electron chi connectivity index (χ1n) is 16.9. The highest BCUT2D eigenvalue weighted by Gasteiger charge is 2.19. The molecule has 15 N–H and O–H groups in total. The first-order chi connectivity index (χ1) is 23.2. The van der Waals surface area contributed by atoms with E-state index in [1.807, 2.05) is 60.7 Å². The van der Waals surface area contributed by atoms with Gasteiger partial charge in [-0.2, -0.15) is 0 Å². The van der Waals surface area contributed by atoms with Gasteiger partial charge in [0.2, 0.25) is 0 Å². The number of hydrogen-bond donors (Lipinski definition) is 9. The molecule has 264 valence electrons. The SMILES string of the molecule is C=C(/C=C\C=C/N)NCCN(CC)C1CCCCC1.CCNCCNc1ccccc1N.Nc1ccccc1N.Nc1ccccc1N. The van der Waals surface area contributed by atoms with Gasteiger partial charge in [0.1, 0.15) is 0 Å². The van der Waals surface area contributed by atoms with Crippen LogP contribution in [0.4, 0.5) is 34.1 Å². The van der Waals surface area contributed by atoms with Crippen LogP contribution >= 0.6 is 0 Å². The van der Waals surface area contributed by atoms with Gasteiger partial charge in [0.05, 0.1) is 34.1 Å². The number of nitrogens with two attached hydrogens (primary N) is 6. The van der Waals surface area contributed by atoms with Gasteiger partial charge in [0.25, 0.3) is 0 Å². The standard InChI is InChI=1S/C16H29N3.C10H17N3.2C6H8N2/c1-3-19(16-10-5-4-6-11-16)14-13-18-15(2)9-7-8-12-17;1-2-12-7-8-13-10-6-4-3-5-9(10)11;2*7-5-3-1-2-4-6(5)8/h7-9,12,16,18H,2-6,10-11,13-14,17H2,1H3;3-6,12-13H,2,7-8,11H2,1H3;2*1-4H,7-8H2/b9-7-,12-8-;;;. The van der Waals surface area contributed by atoms with Crippen molar-refractivity contribution in [3.63, 3.8) is 0 Å². The second-order valence-corrected chi connectivity index (χ2v) is 11.2. The van der Waals surface area contributed by atoms with E-state index in [9.17, 15) is 0 Å². The molecular formula is C38H62N10. The summed E-state index contributed by atoms with van der Waals surface area (Å²) < 4.78 is 0. The first kappa shape index (κ1) is 41.2. The van der Waals surface area contributed by atoms with E-state index in [-0.39, 0.29) is 0 Å². The maximum atomic E-state index is 5.75. The van der Waals surface area contributed by atoms with Crippen molar-refractivity contribution in [2.24, 2.45) is 5.73 Å². The minimum absolute atomic E-state index is 0.646. The van der Waals surface area contributed by atoms with Crippen molar-refractivity contribution in [3.05, 3.63) is 110 Å². The number of nitrogen functional groups attached to an aromatic ring is 5. The molecule has 48 heavy (non-hydrogen) atoms. The molecule has 10 nitrogen and oxygen atoms in total. The van der Waals surface area contributed by atoms with Crippen molar-refractivity contribution in [1.82, 2.24) is 15.5 Å². The van der Waals surface area contributed by atoms with Crippen LogP contribution < -0.4 is 50.4 Å². The lowest BCUT2D eigenvalue weighted by Crippen LogP contribution is -2.40. The summed E-state index contributed by atoms with van der Waals surface area (Å²) in [6.07, 6.45) is 14.1. The average molecular weight is 659 g/mol. The Morgan fingerprint density at radius 2 is 1.25 bits per heavy atom. The summed E-state index contributed by atoms with van der Waals surface area (Å²) in [6.45, 7) is 14.4. The number of para-hydroxylation sites is 6. The molecule has 0 radical (unpaired) electrons. The summed E-state index contributed by atoms with van der Waals surface area (Å²) in [5, 5.41) is 9.84. The van der Waals surface area contributed by atoms with Gasteiger partial charge in [-0.05, 0) is 80.7 Å². The summed E-state index contributed by atoms with van der Waals surface area (Å²) in [5.74, 6) is 0.